The second kappa shape index (κ2) is 6.40. The molecule has 1 aliphatic rings. The van der Waals surface area contributed by atoms with Crippen LogP contribution in [0.5, 0.6) is 0 Å². The van der Waals surface area contributed by atoms with Crippen LogP contribution in [0.3, 0.4) is 0 Å². The van der Waals surface area contributed by atoms with E-state index in [1.54, 1.807) is 12.3 Å². The predicted octanol–water partition coefficient (Wildman–Crippen LogP) is 5.27. The second-order valence-corrected chi connectivity index (χ2v) is 8.59. The molecule has 0 fully saturated rings. The predicted molar refractivity (Wildman–Crippen MR) is 102 cm³/mol. The van der Waals surface area contributed by atoms with Crippen molar-refractivity contribution in [2.24, 2.45) is 5.41 Å². The van der Waals surface area contributed by atoms with Crippen LogP contribution in [0.15, 0.2) is 42.6 Å². The first-order valence-electron chi connectivity index (χ1n) is 8.62. The lowest BCUT2D eigenvalue weighted by molar-refractivity contribution is -0.109. The molecule has 132 valence electrons. The number of hydrogen-bond donors (Lipinski definition) is 0. The third kappa shape index (κ3) is 3.19. The highest BCUT2D eigenvalue weighted by Crippen LogP contribution is 2.41. The van der Waals surface area contributed by atoms with Gasteiger partial charge in [0.25, 0.3) is 0 Å². The quantitative estimate of drug-likeness (QED) is 0.593. The fourth-order valence-corrected chi connectivity index (χ4v) is 4.51. The van der Waals surface area contributed by atoms with E-state index in [-0.39, 0.29) is 17.2 Å². The molecule has 0 saturated heterocycles. The van der Waals surface area contributed by atoms with Gasteiger partial charge in [0.1, 0.15) is 17.1 Å². The normalized spacial score (nSPS) is 18.3. The topological polar surface area (TPSA) is 42.9 Å². The smallest absolute Gasteiger partial charge is 0.142 e. The van der Waals surface area contributed by atoms with E-state index in [4.69, 9.17) is 4.98 Å². The Morgan fingerprint density at radius 3 is 2.88 bits per heavy atom. The number of hydrogen-bond acceptors (Lipinski definition) is 4. The van der Waals surface area contributed by atoms with Gasteiger partial charge in [0, 0.05) is 17.8 Å². The van der Waals surface area contributed by atoms with Crippen molar-refractivity contribution in [1.29, 1.82) is 0 Å². The van der Waals surface area contributed by atoms with Crippen molar-refractivity contribution in [2.45, 2.75) is 32.6 Å². The Balaban J connectivity index is 1.71. The number of fused-ring (bicyclic) bond motifs is 1. The van der Waals surface area contributed by atoms with Gasteiger partial charge in [-0.2, -0.15) is 0 Å². The maximum atomic E-state index is 13.5. The lowest BCUT2D eigenvalue weighted by Crippen LogP contribution is -2.27. The number of aldehydes is 1. The Morgan fingerprint density at radius 2 is 2.12 bits per heavy atom. The molecule has 1 atom stereocenters. The second-order valence-electron chi connectivity index (χ2n) is 7.56. The minimum Gasteiger partial charge on any atom is -0.303 e. The Hall–Kier alpha value is -2.40. The summed E-state index contributed by atoms with van der Waals surface area (Å²) in [6.45, 7) is 4.35. The Kier molecular flexibility index (Phi) is 4.19. The highest BCUT2D eigenvalue weighted by Gasteiger charge is 2.33. The Labute approximate surface area is 156 Å². The summed E-state index contributed by atoms with van der Waals surface area (Å²) in [5.41, 5.74) is 3.69. The summed E-state index contributed by atoms with van der Waals surface area (Å²) in [6, 6.07) is 10.5. The average Bonchev–Trinajstić information content (AvgIpc) is 3.10. The van der Waals surface area contributed by atoms with Gasteiger partial charge in [0.05, 0.1) is 10.6 Å². The number of carbonyl (C=O) groups excluding carboxylic acids is 1. The van der Waals surface area contributed by atoms with Crippen LogP contribution in [0.25, 0.3) is 21.1 Å². The number of aromatic nitrogens is 2. The van der Waals surface area contributed by atoms with Gasteiger partial charge in [-0.1, -0.05) is 32.0 Å². The van der Waals surface area contributed by atoms with Crippen LogP contribution in [0.4, 0.5) is 4.39 Å². The Morgan fingerprint density at radius 1 is 1.27 bits per heavy atom. The summed E-state index contributed by atoms with van der Waals surface area (Å²) in [6.07, 6.45) is 4.49. The average molecular weight is 366 g/mol. The lowest BCUT2D eigenvalue weighted by Gasteiger charge is -2.34. The SMILES string of the molecule is CC1(C)Cc2nc(-c3ncc(-c4cccc(F)c4)s3)ccc2C(C=O)C1. The molecule has 5 heteroatoms. The summed E-state index contributed by atoms with van der Waals surface area (Å²) in [5, 5.41) is 0.804. The molecule has 3 aromatic rings. The van der Waals surface area contributed by atoms with Crippen LogP contribution in [-0.2, 0) is 11.2 Å². The van der Waals surface area contributed by atoms with Crippen molar-refractivity contribution in [3.8, 4) is 21.1 Å². The zero-order chi connectivity index (χ0) is 18.3. The van der Waals surface area contributed by atoms with Crippen LogP contribution < -0.4 is 0 Å². The first-order chi connectivity index (χ1) is 12.4. The molecule has 1 unspecified atom stereocenters. The van der Waals surface area contributed by atoms with E-state index in [1.165, 1.54) is 23.5 Å². The van der Waals surface area contributed by atoms with Gasteiger partial charge in [0.2, 0.25) is 0 Å². The fourth-order valence-electron chi connectivity index (χ4n) is 3.63. The van der Waals surface area contributed by atoms with Crippen molar-refractivity contribution in [3.05, 3.63) is 59.7 Å². The maximum absolute atomic E-state index is 13.5. The van der Waals surface area contributed by atoms with E-state index in [0.717, 1.165) is 51.5 Å². The number of nitrogens with zero attached hydrogens (tertiary/aromatic N) is 2. The highest BCUT2D eigenvalue weighted by atomic mass is 32.1. The van der Waals surface area contributed by atoms with Gasteiger partial charge in [-0.25, -0.2) is 14.4 Å². The summed E-state index contributed by atoms with van der Waals surface area (Å²) in [7, 11) is 0. The first-order valence-corrected chi connectivity index (χ1v) is 9.44. The molecule has 2 aromatic heterocycles. The molecule has 3 nitrogen and oxygen atoms in total. The van der Waals surface area contributed by atoms with E-state index in [2.05, 4.69) is 18.8 Å². The third-order valence-electron chi connectivity index (χ3n) is 4.83. The van der Waals surface area contributed by atoms with Crippen molar-refractivity contribution >= 4 is 17.6 Å². The number of rotatable bonds is 3. The molecular formula is C21H19FN2OS. The minimum atomic E-state index is -0.258. The third-order valence-corrected chi connectivity index (χ3v) is 5.89. The van der Waals surface area contributed by atoms with Gasteiger partial charge < -0.3 is 4.79 Å². The first kappa shape index (κ1) is 17.0. The number of pyridine rings is 1. The van der Waals surface area contributed by atoms with Crippen LogP contribution in [-0.4, -0.2) is 16.3 Å². The number of halogens is 1. The van der Waals surface area contributed by atoms with E-state index in [0.29, 0.717) is 0 Å². The molecule has 0 N–H and O–H groups in total. The molecular weight excluding hydrogens is 347 g/mol. The molecule has 2 heterocycles. The molecule has 0 spiro atoms. The van der Waals surface area contributed by atoms with Crippen LogP contribution in [0, 0.1) is 11.2 Å². The minimum absolute atomic E-state index is 0.0554. The zero-order valence-electron chi connectivity index (χ0n) is 14.7. The van der Waals surface area contributed by atoms with Crippen LogP contribution in [0.1, 0.15) is 37.4 Å². The van der Waals surface area contributed by atoms with Crippen molar-refractivity contribution < 1.29 is 9.18 Å². The number of thiazole rings is 1. The molecule has 0 saturated carbocycles. The van der Waals surface area contributed by atoms with Crippen LogP contribution in [0.2, 0.25) is 0 Å². The van der Waals surface area contributed by atoms with Crippen molar-refractivity contribution in [3.63, 3.8) is 0 Å². The van der Waals surface area contributed by atoms with Gasteiger partial charge in [0.15, 0.2) is 0 Å². The molecule has 1 aliphatic carbocycles. The molecule has 0 bridgehead atoms. The fraction of sp³-hybridized carbons (Fsp3) is 0.286. The molecule has 0 aliphatic heterocycles. The summed E-state index contributed by atoms with van der Waals surface area (Å²) in [5.74, 6) is -0.346. The van der Waals surface area contributed by atoms with E-state index in [1.807, 2.05) is 18.2 Å². The molecule has 0 amide bonds. The summed E-state index contributed by atoms with van der Waals surface area (Å²) < 4.78 is 13.5. The molecule has 4 rings (SSSR count). The van der Waals surface area contributed by atoms with E-state index in [9.17, 15) is 9.18 Å². The zero-order valence-corrected chi connectivity index (χ0v) is 15.5. The molecule has 26 heavy (non-hydrogen) atoms. The van der Waals surface area contributed by atoms with Gasteiger partial charge in [-0.3, -0.25) is 0 Å². The van der Waals surface area contributed by atoms with Gasteiger partial charge in [-0.05, 0) is 47.6 Å². The summed E-state index contributed by atoms with van der Waals surface area (Å²) >= 11 is 1.50. The molecule has 0 radical (unpaired) electrons. The van der Waals surface area contributed by atoms with Crippen LogP contribution >= 0.6 is 11.3 Å². The van der Waals surface area contributed by atoms with E-state index < -0.39 is 0 Å². The standard InChI is InChI=1S/C21H19FN2OS/c1-21(2)9-14(12-25)16-6-7-17(24-18(16)10-21)20-23-11-19(26-20)13-4-3-5-15(22)8-13/h3-8,11-12,14H,9-10H2,1-2H3. The maximum Gasteiger partial charge on any atom is 0.142 e. The number of benzene rings is 1. The highest BCUT2D eigenvalue weighted by molar-refractivity contribution is 7.18. The summed E-state index contributed by atoms with van der Waals surface area (Å²) in [4.78, 5) is 21.7. The van der Waals surface area contributed by atoms with Crippen molar-refractivity contribution in [2.75, 3.05) is 0 Å². The Bertz CT molecular complexity index is 980. The number of carbonyl (C=O) groups is 1. The van der Waals surface area contributed by atoms with E-state index >= 15 is 0 Å². The molecule has 1 aromatic carbocycles. The monoisotopic (exact) mass is 366 g/mol. The van der Waals surface area contributed by atoms with Crippen molar-refractivity contribution in [1.82, 2.24) is 9.97 Å². The lowest BCUT2D eigenvalue weighted by atomic mass is 9.71. The largest absolute Gasteiger partial charge is 0.303 e. The van der Waals surface area contributed by atoms with Gasteiger partial charge >= 0.3 is 0 Å². The van der Waals surface area contributed by atoms with Gasteiger partial charge in [-0.15, -0.1) is 11.3 Å².